The monoisotopic (exact) mass is 694 g/mol. The molecule has 0 bridgehead atoms. The predicted molar refractivity (Wildman–Crippen MR) is 213 cm³/mol. The van der Waals surface area contributed by atoms with Crippen molar-refractivity contribution in [3.8, 4) is 33.8 Å². The highest BCUT2D eigenvalue weighted by Crippen LogP contribution is 2.35. The van der Waals surface area contributed by atoms with E-state index in [-0.39, 0.29) is 5.91 Å². The molecule has 2 aliphatic rings. The van der Waals surface area contributed by atoms with Crippen LogP contribution in [0.1, 0.15) is 63.1 Å². The van der Waals surface area contributed by atoms with E-state index in [0.29, 0.717) is 0 Å². The quantitative estimate of drug-likeness (QED) is 0.119. The fourth-order valence-corrected chi connectivity index (χ4v) is 8.09. The van der Waals surface area contributed by atoms with Crippen molar-refractivity contribution in [1.29, 1.82) is 0 Å². The summed E-state index contributed by atoms with van der Waals surface area (Å²) in [6.07, 6.45) is 10.1. The Kier molecular flexibility index (Phi) is 10.5. The van der Waals surface area contributed by atoms with E-state index in [9.17, 15) is 4.79 Å². The molecule has 7 nitrogen and oxygen atoms in total. The number of fused-ring (bicyclic) bond motifs is 4. The maximum Gasteiger partial charge on any atom is 0.228 e. The van der Waals surface area contributed by atoms with Crippen molar-refractivity contribution in [3.05, 3.63) is 91.0 Å². The molecule has 268 valence electrons. The summed E-state index contributed by atoms with van der Waals surface area (Å²) in [4.78, 5) is 23.3. The van der Waals surface area contributed by atoms with Gasteiger partial charge in [0.15, 0.2) is 0 Å². The number of hydrogen-bond acceptors (Lipinski definition) is 6. The molecule has 4 heterocycles. The first-order valence-electron chi connectivity index (χ1n) is 19.4. The Balaban J connectivity index is 0.978. The molecule has 0 radical (unpaired) electrons. The van der Waals surface area contributed by atoms with Crippen LogP contribution >= 0.6 is 0 Å². The molecule has 2 fully saturated rings. The summed E-state index contributed by atoms with van der Waals surface area (Å²) in [7, 11) is 0. The van der Waals surface area contributed by atoms with Crippen LogP contribution in [0.5, 0.6) is 11.5 Å². The summed E-state index contributed by atoms with van der Waals surface area (Å²) in [6.45, 7) is 10.2. The number of carbonyl (C=O) groups excluding carboxylic acids is 1. The Morgan fingerprint density at radius 2 is 1.12 bits per heavy atom. The molecule has 8 rings (SSSR count). The summed E-state index contributed by atoms with van der Waals surface area (Å²) >= 11 is 0. The lowest BCUT2D eigenvalue weighted by molar-refractivity contribution is 0.0946. The molecular weight excluding hydrogens is 645 g/mol. The van der Waals surface area contributed by atoms with Gasteiger partial charge in [-0.15, -0.1) is 0 Å². The molecule has 6 aromatic rings. The van der Waals surface area contributed by atoms with Crippen LogP contribution in [-0.4, -0.2) is 77.7 Å². The van der Waals surface area contributed by atoms with Crippen molar-refractivity contribution in [2.75, 3.05) is 52.5 Å². The number of rotatable bonds is 12. The fourth-order valence-electron chi connectivity index (χ4n) is 8.09. The van der Waals surface area contributed by atoms with E-state index < -0.39 is 0 Å². The Labute approximate surface area is 307 Å². The molecule has 0 aliphatic carbocycles. The third-order valence-electron chi connectivity index (χ3n) is 10.9. The predicted octanol–water partition coefficient (Wildman–Crippen LogP) is 9.85. The van der Waals surface area contributed by atoms with Crippen molar-refractivity contribution in [2.45, 2.75) is 58.3 Å². The van der Waals surface area contributed by atoms with Gasteiger partial charge in [0.25, 0.3) is 0 Å². The zero-order valence-electron chi connectivity index (χ0n) is 30.5. The van der Waals surface area contributed by atoms with Gasteiger partial charge in [0.1, 0.15) is 11.5 Å². The van der Waals surface area contributed by atoms with Crippen LogP contribution in [0.4, 0.5) is 0 Å². The molecule has 0 N–H and O–H groups in total. The number of nitrogens with zero attached hydrogens (tertiary/aromatic N) is 4. The van der Waals surface area contributed by atoms with Gasteiger partial charge in [-0.2, -0.15) is 0 Å². The Morgan fingerprint density at radius 3 is 1.67 bits per heavy atom. The lowest BCUT2D eigenvalue weighted by Crippen LogP contribution is -2.31. The van der Waals surface area contributed by atoms with Gasteiger partial charge in [0.2, 0.25) is 5.91 Å². The van der Waals surface area contributed by atoms with Gasteiger partial charge in [0.05, 0.1) is 35.3 Å². The first kappa shape index (κ1) is 34.4. The Bertz CT molecular complexity index is 2140. The van der Waals surface area contributed by atoms with E-state index in [1.54, 1.807) is 11.5 Å². The van der Waals surface area contributed by atoms with Crippen molar-refractivity contribution in [2.24, 2.45) is 0 Å². The molecule has 0 atom stereocenters. The molecule has 2 saturated heterocycles. The Hall–Kier alpha value is -4.72. The van der Waals surface area contributed by atoms with Crippen molar-refractivity contribution >= 4 is 38.7 Å². The summed E-state index contributed by atoms with van der Waals surface area (Å²) in [5.74, 6) is 1.77. The standard InChI is InChI=1S/C45H50N4O3/c1-33(50)49-43-21-15-37(35-12-18-40(19-13-35)52-29-9-27-48-24-6-3-7-25-48)31-41(43)45-44(49)32-38-30-36(14-20-42(38)46-45)34-10-16-39(17-11-34)51-28-8-26-47-22-4-2-5-23-47/h10-21,30-32H,2-9,22-29H2,1H3. The number of ether oxygens (including phenoxy) is 2. The maximum atomic E-state index is 13.1. The summed E-state index contributed by atoms with van der Waals surface area (Å²) in [5, 5.41) is 1.97. The molecule has 52 heavy (non-hydrogen) atoms. The second kappa shape index (κ2) is 15.9. The van der Waals surface area contributed by atoms with Crippen molar-refractivity contribution in [3.63, 3.8) is 0 Å². The zero-order chi connectivity index (χ0) is 35.3. The van der Waals surface area contributed by atoms with Gasteiger partial charge >= 0.3 is 0 Å². The summed E-state index contributed by atoms with van der Waals surface area (Å²) in [5.41, 5.74) is 7.84. The third-order valence-corrected chi connectivity index (χ3v) is 10.9. The van der Waals surface area contributed by atoms with Gasteiger partial charge in [-0.05, 0) is 142 Å². The van der Waals surface area contributed by atoms with E-state index in [2.05, 4.69) is 94.7 Å². The molecule has 0 unspecified atom stereocenters. The highest BCUT2D eigenvalue weighted by molar-refractivity contribution is 6.14. The van der Waals surface area contributed by atoms with Crippen LogP contribution in [0.3, 0.4) is 0 Å². The largest absolute Gasteiger partial charge is 0.494 e. The SMILES string of the molecule is CC(=O)n1c2ccc(-c3ccc(OCCCN4CCCCC4)cc3)cc2c2nc3ccc(-c4ccc(OCCCN5CCCCC5)cc4)cc3cc21. The zero-order valence-corrected chi connectivity index (χ0v) is 30.5. The van der Waals surface area contributed by atoms with Gasteiger partial charge in [-0.25, -0.2) is 4.98 Å². The summed E-state index contributed by atoms with van der Waals surface area (Å²) < 4.78 is 13.9. The number of aromatic nitrogens is 2. The van der Waals surface area contributed by atoms with E-state index in [1.165, 1.54) is 64.7 Å². The van der Waals surface area contributed by atoms with E-state index >= 15 is 0 Å². The average molecular weight is 695 g/mol. The average Bonchev–Trinajstić information content (AvgIpc) is 3.51. The molecular formula is C45H50N4O3. The molecule has 2 aliphatic heterocycles. The van der Waals surface area contributed by atoms with Crippen LogP contribution in [0.25, 0.3) is 55.1 Å². The molecule has 7 heteroatoms. The second-order valence-electron chi connectivity index (χ2n) is 14.6. The number of benzene rings is 4. The number of hydrogen-bond donors (Lipinski definition) is 0. The fraction of sp³-hybridized carbons (Fsp3) is 0.378. The van der Waals surface area contributed by atoms with Crippen molar-refractivity contribution < 1.29 is 14.3 Å². The minimum absolute atomic E-state index is 0.0293. The normalized spacial score (nSPS) is 15.8. The van der Waals surface area contributed by atoms with Gasteiger partial charge in [0, 0.05) is 30.8 Å². The summed E-state index contributed by atoms with van der Waals surface area (Å²) in [6, 6.07) is 31.5. The molecule has 4 aromatic carbocycles. The Morgan fingerprint density at radius 1 is 0.596 bits per heavy atom. The molecule has 0 saturated carbocycles. The van der Waals surface area contributed by atoms with Crippen LogP contribution in [-0.2, 0) is 0 Å². The topological polar surface area (TPSA) is 59.8 Å². The van der Waals surface area contributed by atoms with E-state index in [4.69, 9.17) is 14.5 Å². The van der Waals surface area contributed by atoms with Crippen LogP contribution < -0.4 is 9.47 Å². The van der Waals surface area contributed by atoms with Crippen LogP contribution in [0.15, 0.2) is 91.0 Å². The second-order valence-corrected chi connectivity index (χ2v) is 14.6. The maximum absolute atomic E-state index is 13.1. The lowest BCUT2D eigenvalue weighted by Gasteiger charge is -2.26. The highest BCUT2D eigenvalue weighted by Gasteiger charge is 2.17. The first-order chi connectivity index (χ1) is 25.6. The van der Waals surface area contributed by atoms with Gasteiger partial charge < -0.3 is 19.3 Å². The van der Waals surface area contributed by atoms with E-state index in [0.717, 1.165) is 106 Å². The van der Waals surface area contributed by atoms with E-state index in [1.807, 2.05) is 6.07 Å². The van der Waals surface area contributed by atoms with Gasteiger partial charge in [-0.1, -0.05) is 49.2 Å². The third kappa shape index (κ3) is 7.71. The molecule has 0 spiro atoms. The first-order valence-corrected chi connectivity index (χ1v) is 19.4. The molecule has 0 amide bonds. The van der Waals surface area contributed by atoms with Crippen LogP contribution in [0.2, 0.25) is 0 Å². The number of pyridine rings is 1. The van der Waals surface area contributed by atoms with Crippen molar-refractivity contribution in [1.82, 2.24) is 19.4 Å². The number of piperidine rings is 2. The lowest BCUT2D eigenvalue weighted by atomic mass is 10.0. The smallest absolute Gasteiger partial charge is 0.228 e. The van der Waals surface area contributed by atoms with Crippen LogP contribution in [0, 0.1) is 0 Å². The minimum atomic E-state index is -0.0293. The molecule has 2 aromatic heterocycles. The number of likely N-dealkylation sites (tertiary alicyclic amines) is 2. The highest BCUT2D eigenvalue weighted by atomic mass is 16.5. The minimum Gasteiger partial charge on any atom is -0.494 e. The van der Waals surface area contributed by atoms with Gasteiger partial charge in [-0.3, -0.25) is 9.36 Å². The number of carbonyl (C=O) groups is 1.